The Morgan fingerprint density at radius 3 is 2.70 bits per heavy atom. The molecule has 6 nitrogen and oxygen atoms in total. The molecule has 3 heterocycles. The summed E-state index contributed by atoms with van der Waals surface area (Å²) >= 11 is 0. The molecule has 0 saturated carbocycles. The van der Waals surface area contributed by atoms with E-state index in [1.807, 2.05) is 11.4 Å². The maximum atomic E-state index is 6.20. The van der Waals surface area contributed by atoms with Gasteiger partial charge in [-0.3, -0.25) is 0 Å². The molecule has 0 amide bonds. The van der Waals surface area contributed by atoms with Crippen molar-refractivity contribution in [3.63, 3.8) is 0 Å². The number of rotatable bonds is 2. The Bertz CT molecular complexity index is 860. The summed E-state index contributed by atoms with van der Waals surface area (Å²) in [5.41, 5.74) is 10.3. The van der Waals surface area contributed by atoms with Crippen LogP contribution in [0.2, 0.25) is 0 Å². The molecule has 2 aromatic heterocycles. The lowest BCUT2D eigenvalue weighted by Gasteiger charge is -2.28. The Morgan fingerprint density at radius 2 is 1.96 bits per heavy atom. The molecule has 1 fully saturated rings. The Balaban J connectivity index is 2.04. The largest absolute Gasteiger partial charge is 0.341 e. The number of nitrogens with zero attached hydrogens (tertiary/aromatic N) is 5. The Hall–Kier alpha value is -2.21. The Morgan fingerprint density at radius 1 is 1.17 bits per heavy atom. The quantitative estimate of drug-likeness (QED) is 0.787. The Kier molecular flexibility index (Phi) is 3.41. The van der Waals surface area contributed by atoms with E-state index in [1.165, 1.54) is 24.8 Å². The van der Waals surface area contributed by atoms with Crippen molar-refractivity contribution >= 4 is 22.5 Å². The molecule has 1 aliphatic heterocycles. The molecule has 23 heavy (non-hydrogen) atoms. The van der Waals surface area contributed by atoms with Crippen LogP contribution >= 0.6 is 0 Å². The fourth-order valence-electron chi connectivity index (χ4n) is 3.47. The van der Waals surface area contributed by atoms with E-state index in [9.17, 15) is 0 Å². The van der Waals surface area contributed by atoms with E-state index < -0.39 is 0 Å². The van der Waals surface area contributed by atoms with Crippen molar-refractivity contribution in [1.82, 2.24) is 19.6 Å². The minimum absolute atomic E-state index is 0.0653. The average molecular weight is 310 g/mol. The van der Waals surface area contributed by atoms with Gasteiger partial charge >= 0.3 is 0 Å². The maximum Gasteiger partial charge on any atom is 0.229 e. The maximum absolute atomic E-state index is 6.20. The summed E-state index contributed by atoms with van der Waals surface area (Å²) in [6.07, 6.45) is 5.29. The molecular weight excluding hydrogens is 288 g/mol. The number of aryl methyl sites for hydroxylation is 1. The van der Waals surface area contributed by atoms with Gasteiger partial charge in [-0.25, -0.2) is 9.97 Å². The van der Waals surface area contributed by atoms with Crippen LogP contribution in [0.3, 0.4) is 0 Å². The first-order valence-corrected chi connectivity index (χ1v) is 8.29. The number of piperidine rings is 1. The van der Waals surface area contributed by atoms with Crippen molar-refractivity contribution in [2.24, 2.45) is 5.73 Å². The van der Waals surface area contributed by atoms with Gasteiger partial charge < -0.3 is 10.6 Å². The predicted molar refractivity (Wildman–Crippen MR) is 91.7 cm³/mol. The first kappa shape index (κ1) is 14.4. The van der Waals surface area contributed by atoms with Crippen LogP contribution in [0.4, 0.5) is 5.95 Å². The van der Waals surface area contributed by atoms with Gasteiger partial charge in [0.2, 0.25) is 5.95 Å². The molecule has 1 saturated heterocycles. The van der Waals surface area contributed by atoms with Crippen LogP contribution in [0.15, 0.2) is 18.5 Å². The lowest BCUT2D eigenvalue weighted by atomic mass is 10.0. The summed E-state index contributed by atoms with van der Waals surface area (Å²) < 4.78 is 1.87. The van der Waals surface area contributed by atoms with Crippen molar-refractivity contribution in [3.8, 4) is 0 Å². The van der Waals surface area contributed by atoms with Crippen LogP contribution in [-0.2, 0) is 0 Å². The molecule has 0 radical (unpaired) electrons. The molecule has 120 valence electrons. The summed E-state index contributed by atoms with van der Waals surface area (Å²) in [6, 6.07) is 4.19. The normalized spacial score (nSPS) is 17.1. The monoisotopic (exact) mass is 310 g/mol. The summed E-state index contributed by atoms with van der Waals surface area (Å²) in [5, 5.41) is 5.44. The number of hydrogen-bond acceptors (Lipinski definition) is 5. The third kappa shape index (κ3) is 2.34. The molecule has 2 N–H and O–H groups in total. The third-order valence-electron chi connectivity index (χ3n) is 4.60. The second-order valence-electron chi connectivity index (χ2n) is 6.49. The van der Waals surface area contributed by atoms with Gasteiger partial charge in [-0.2, -0.15) is 9.61 Å². The van der Waals surface area contributed by atoms with Crippen molar-refractivity contribution in [3.05, 3.63) is 29.6 Å². The number of anilines is 1. The van der Waals surface area contributed by atoms with Gasteiger partial charge in [0, 0.05) is 24.5 Å². The van der Waals surface area contributed by atoms with E-state index in [2.05, 4.69) is 34.0 Å². The fraction of sp³-hybridized carbons (Fsp3) is 0.471. The van der Waals surface area contributed by atoms with Gasteiger partial charge in [0.1, 0.15) is 6.33 Å². The second kappa shape index (κ2) is 5.45. The number of nitrogens with two attached hydrogens (primary N) is 1. The SMILES string of the molecule is Cc1cc([C@@H](C)N)c2nc(N3CCCCC3)n3ncnc3c2c1. The zero-order chi connectivity index (χ0) is 16.0. The summed E-state index contributed by atoms with van der Waals surface area (Å²) in [5.74, 6) is 0.885. The summed E-state index contributed by atoms with van der Waals surface area (Å²) in [6.45, 7) is 6.13. The molecular formula is C17H22N6. The second-order valence-corrected chi connectivity index (χ2v) is 6.49. The van der Waals surface area contributed by atoms with Crippen LogP contribution in [0.25, 0.3) is 16.6 Å². The molecule has 0 unspecified atom stereocenters. The molecule has 0 bridgehead atoms. The van der Waals surface area contributed by atoms with E-state index in [0.717, 1.165) is 41.2 Å². The predicted octanol–water partition coefficient (Wildman–Crippen LogP) is 2.60. The van der Waals surface area contributed by atoms with Gasteiger partial charge in [-0.15, -0.1) is 0 Å². The molecule has 0 aliphatic carbocycles. The van der Waals surface area contributed by atoms with E-state index in [0.29, 0.717) is 0 Å². The van der Waals surface area contributed by atoms with Crippen LogP contribution in [0, 0.1) is 6.92 Å². The minimum Gasteiger partial charge on any atom is -0.341 e. The van der Waals surface area contributed by atoms with E-state index in [-0.39, 0.29) is 6.04 Å². The van der Waals surface area contributed by atoms with Gasteiger partial charge in [-0.1, -0.05) is 6.07 Å². The van der Waals surface area contributed by atoms with Gasteiger partial charge in [0.05, 0.1) is 5.52 Å². The topological polar surface area (TPSA) is 72.3 Å². The van der Waals surface area contributed by atoms with Crippen LogP contribution in [0.5, 0.6) is 0 Å². The van der Waals surface area contributed by atoms with Crippen LogP contribution < -0.4 is 10.6 Å². The highest BCUT2D eigenvalue weighted by Crippen LogP contribution is 2.29. The lowest BCUT2D eigenvalue weighted by Crippen LogP contribution is -2.32. The molecule has 0 spiro atoms. The highest BCUT2D eigenvalue weighted by molar-refractivity contribution is 5.95. The highest BCUT2D eigenvalue weighted by Gasteiger charge is 2.20. The molecule has 1 atom stereocenters. The number of aromatic nitrogens is 4. The smallest absolute Gasteiger partial charge is 0.229 e. The van der Waals surface area contributed by atoms with Crippen LogP contribution in [0.1, 0.15) is 43.4 Å². The van der Waals surface area contributed by atoms with E-state index in [1.54, 1.807) is 6.33 Å². The molecule has 6 heteroatoms. The van der Waals surface area contributed by atoms with Crippen molar-refractivity contribution in [2.75, 3.05) is 18.0 Å². The standard InChI is InChI=1S/C17H22N6/c1-11-8-13(12(2)18)15-14(9-11)16-19-10-20-23(16)17(21-15)22-6-4-3-5-7-22/h8-10,12H,3-7,18H2,1-2H3/t12-/m1/s1. The average Bonchev–Trinajstić information content (AvgIpc) is 3.04. The van der Waals surface area contributed by atoms with E-state index in [4.69, 9.17) is 10.7 Å². The highest BCUT2D eigenvalue weighted by atomic mass is 15.4. The number of hydrogen-bond donors (Lipinski definition) is 1. The summed E-state index contributed by atoms with van der Waals surface area (Å²) in [7, 11) is 0. The van der Waals surface area contributed by atoms with Gasteiger partial charge in [0.25, 0.3) is 0 Å². The third-order valence-corrected chi connectivity index (χ3v) is 4.60. The van der Waals surface area contributed by atoms with Gasteiger partial charge in [0.15, 0.2) is 5.65 Å². The first-order chi connectivity index (χ1) is 11.1. The zero-order valence-electron chi connectivity index (χ0n) is 13.7. The van der Waals surface area contributed by atoms with E-state index >= 15 is 0 Å². The van der Waals surface area contributed by atoms with Crippen molar-refractivity contribution in [1.29, 1.82) is 0 Å². The van der Waals surface area contributed by atoms with Crippen molar-refractivity contribution in [2.45, 2.75) is 39.2 Å². The number of benzene rings is 1. The zero-order valence-corrected chi connectivity index (χ0v) is 13.7. The first-order valence-electron chi connectivity index (χ1n) is 8.29. The number of fused-ring (bicyclic) bond motifs is 3. The van der Waals surface area contributed by atoms with Gasteiger partial charge in [-0.05, 0) is 50.3 Å². The lowest BCUT2D eigenvalue weighted by molar-refractivity contribution is 0.563. The molecule has 1 aliphatic rings. The fourth-order valence-corrected chi connectivity index (χ4v) is 3.47. The Labute approximate surface area is 135 Å². The minimum atomic E-state index is -0.0653. The molecule has 3 aromatic rings. The van der Waals surface area contributed by atoms with Crippen molar-refractivity contribution < 1.29 is 0 Å². The molecule has 1 aromatic carbocycles. The molecule has 4 rings (SSSR count). The summed E-state index contributed by atoms with van der Waals surface area (Å²) in [4.78, 5) is 11.8. The van der Waals surface area contributed by atoms with Crippen LogP contribution in [-0.4, -0.2) is 32.7 Å².